The third kappa shape index (κ3) is 4.60. The van der Waals surface area contributed by atoms with E-state index in [0.717, 1.165) is 0 Å². The van der Waals surface area contributed by atoms with Gasteiger partial charge in [-0.25, -0.2) is 0 Å². The summed E-state index contributed by atoms with van der Waals surface area (Å²) >= 11 is 3.81. The predicted molar refractivity (Wildman–Crippen MR) is 84.8 cm³/mol. The number of ketones is 1. The van der Waals surface area contributed by atoms with Gasteiger partial charge in [0.1, 0.15) is 18.5 Å². The van der Waals surface area contributed by atoms with E-state index in [1.54, 1.807) is 36.4 Å². The third-order valence-electron chi connectivity index (χ3n) is 2.92. The van der Waals surface area contributed by atoms with Crippen molar-refractivity contribution in [2.75, 3.05) is 13.2 Å². The number of carbonyl (C=O) groups excluding carboxylic acids is 1. The van der Waals surface area contributed by atoms with Gasteiger partial charge in [0.2, 0.25) is 0 Å². The maximum absolute atomic E-state index is 12.2. The van der Waals surface area contributed by atoms with Gasteiger partial charge in [-0.05, 0) is 24.3 Å². The molecule has 4 nitrogen and oxygen atoms in total. The fraction of sp³-hybridized carbons (Fsp3) is 0.188. The summed E-state index contributed by atoms with van der Waals surface area (Å²) in [4.78, 5) is 12.2. The molecule has 1 unspecified atom stereocenters. The summed E-state index contributed by atoms with van der Waals surface area (Å²) in [6.07, 6.45) is -0.631. The first-order valence-corrected chi connectivity index (χ1v) is 7.03. The first kappa shape index (κ1) is 15.6. The molecule has 2 aromatic carbocycles. The number of rotatable bonds is 7. The van der Waals surface area contributed by atoms with E-state index < -0.39 is 6.10 Å². The average molecular weight is 303 g/mol. The molecule has 5 heteroatoms. The van der Waals surface area contributed by atoms with Crippen molar-refractivity contribution in [1.29, 1.82) is 0 Å². The Labute approximate surface area is 129 Å². The molecule has 0 heterocycles. The van der Waals surface area contributed by atoms with E-state index in [1.165, 1.54) is 0 Å². The number of hydrogen-bond acceptors (Lipinski definition) is 5. The molecule has 2 aromatic rings. The van der Waals surface area contributed by atoms with Crippen LogP contribution in [0.3, 0.4) is 0 Å². The van der Waals surface area contributed by atoms with E-state index in [9.17, 15) is 9.90 Å². The number of thiol groups is 1. The van der Waals surface area contributed by atoms with E-state index in [4.69, 9.17) is 4.74 Å². The van der Waals surface area contributed by atoms with Crippen LogP contribution in [0, 0.1) is 0 Å². The number of aliphatic hydroxyl groups is 1. The van der Waals surface area contributed by atoms with E-state index in [1.807, 2.05) is 18.2 Å². The molecule has 110 valence electrons. The lowest BCUT2D eigenvalue weighted by Crippen LogP contribution is -2.26. The SMILES string of the molecule is O=C(c1ccccc1)c1ccc(OCC(O)CNS)cc1. The molecule has 0 amide bonds. The molecule has 21 heavy (non-hydrogen) atoms. The van der Waals surface area contributed by atoms with Crippen LogP contribution in [0.4, 0.5) is 0 Å². The lowest BCUT2D eigenvalue weighted by Gasteiger charge is -2.11. The van der Waals surface area contributed by atoms with Crippen LogP contribution in [0.2, 0.25) is 0 Å². The molecule has 2 N–H and O–H groups in total. The Hall–Kier alpha value is -1.82. The van der Waals surface area contributed by atoms with E-state index in [2.05, 4.69) is 17.5 Å². The molecule has 0 radical (unpaired) electrons. The van der Waals surface area contributed by atoms with Crippen LogP contribution in [-0.2, 0) is 0 Å². The molecule has 0 saturated carbocycles. The van der Waals surface area contributed by atoms with Crippen molar-refractivity contribution in [2.24, 2.45) is 0 Å². The molecule has 0 saturated heterocycles. The van der Waals surface area contributed by atoms with Crippen molar-refractivity contribution in [3.63, 3.8) is 0 Å². The maximum atomic E-state index is 12.2. The second-order valence-electron chi connectivity index (χ2n) is 4.55. The minimum absolute atomic E-state index is 0.0264. The lowest BCUT2D eigenvalue weighted by molar-refractivity contribution is 0.103. The summed E-state index contributed by atoms with van der Waals surface area (Å²) < 4.78 is 7.99. The molecule has 1 atom stereocenters. The highest BCUT2D eigenvalue weighted by Crippen LogP contribution is 2.15. The standard InChI is InChI=1S/C16H17NO3S/c18-14(10-17-21)11-20-15-8-6-13(7-9-15)16(19)12-4-2-1-3-5-12/h1-9,14,17-18,21H,10-11H2. The average Bonchev–Trinajstić information content (AvgIpc) is 2.54. The molecular formula is C16H17NO3S. The van der Waals surface area contributed by atoms with Crippen molar-refractivity contribution in [3.8, 4) is 5.75 Å². The monoisotopic (exact) mass is 303 g/mol. The zero-order chi connectivity index (χ0) is 15.1. The van der Waals surface area contributed by atoms with Crippen LogP contribution in [0.1, 0.15) is 15.9 Å². The predicted octanol–water partition coefficient (Wildman–Crippen LogP) is 2.09. The van der Waals surface area contributed by atoms with Gasteiger partial charge in [-0.2, -0.15) is 0 Å². The van der Waals surface area contributed by atoms with Gasteiger partial charge >= 0.3 is 0 Å². The van der Waals surface area contributed by atoms with Crippen LogP contribution in [-0.4, -0.2) is 30.1 Å². The highest BCUT2D eigenvalue weighted by atomic mass is 32.1. The van der Waals surface area contributed by atoms with Gasteiger partial charge < -0.3 is 9.84 Å². The second kappa shape index (κ2) is 7.83. The third-order valence-corrected chi connectivity index (χ3v) is 3.10. The Balaban J connectivity index is 1.97. The summed E-state index contributed by atoms with van der Waals surface area (Å²) in [5, 5.41) is 9.51. The molecular weight excluding hydrogens is 286 g/mol. The van der Waals surface area contributed by atoms with E-state index in [-0.39, 0.29) is 12.4 Å². The first-order valence-electron chi connectivity index (χ1n) is 6.58. The maximum Gasteiger partial charge on any atom is 0.193 e. The Bertz CT molecular complexity index is 572. The highest BCUT2D eigenvalue weighted by Gasteiger charge is 2.09. The zero-order valence-electron chi connectivity index (χ0n) is 11.4. The summed E-state index contributed by atoms with van der Waals surface area (Å²) in [5.41, 5.74) is 1.26. The van der Waals surface area contributed by atoms with Crippen LogP contribution >= 0.6 is 12.8 Å². The normalized spacial score (nSPS) is 11.9. The molecule has 0 spiro atoms. The Kier molecular flexibility index (Phi) is 5.80. The number of aliphatic hydroxyl groups excluding tert-OH is 1. The summed E-state index contributed by atoms with van der Waals surface area (Å²) in [7, 11) is 0. The van der Waals surface area contributed by atoms with Crippen molar-refractivity contribution < 1.29 is 14.6 Å². The largest absolute Gasteiger partial charge is 0.491 e. The lowest BCUT2D eigenvalue weighted by atomic mass is 10.0. The van der Waals surface area contributed by atoms with Crippen molar-refractivity contribution in [3.05, 3.63) is 65.7 Å². The second-order valence-corrected chi connectivity index (χ2v) is 4.86. The van der Waals surface area contributed by atoms with Gasteiger partial charge in [-0.3, -0.25) is 9.52 Å². The smallest absolute Gasteiger partial charge is 0.193 e. The van der Waals surface area contributed by atoms with Crippen LogP contribution < -0.4 is 9.46 Å². The summed E-state index contributed by atoms with van der Waals surface area (Å²) in [6, 6.07) is 16.0. The molecule has 0 aliphatic heterocycles. The quantitative estimate of drug-likeness (QED) is 0.541. The van der Waals surface area contributed by atoms with Gasteiger partial charge in [0.05, 0.1) is 0 Å². The fourth-order valence-corrected chi connectivity index (χ4v) is 2.03. The van der Waals surface area contributed by atoms with Gasteiger partial charge in [0.15, 0.2) is 5.78 Å². The fourth-order valence-electron chi connectivity index (χ4n) is 1.82. The van der Waals surface area contributed by atoms with Gasteiger partial charge in [0, 0.05) is 17.7 Å². The number of nitrogens with one attached hydrogen (secondary N) is 1. The first-order chi connectivity index (χ1) is 10.2. The topological polar surface area (TPSA) is 58.6 Å². The van der Waals surface area contributed by atoms with Gasteiger partial charge in [0.25, 0.3) is 0 Å². The van der Waals surface area contributed by atoms with Gasteiger partial charge in [-0.15, -0.1) is 0 Å². The minimum Gasteiger partial charge on any atom is -0.491 e. The molecule has 0 aliphatic rings. The van der Waals surface area contributed by atoms with E-state index in [0.29, 0.717) is 23.4 Å². The zero-order valence-corrected chi connectivity index (χ0v) is 12.3. The Morgan fingerprint density at radius 3 is 2.33 bits per heavy atom. The van der Waals surface area contributed by atoms with Gasteiger partial charge in [-0.1, -0.05) is 43.1 Å². The number of carbonyl (C=O) groups is 1. The Morgan fingerprint density at radius 1 is 1.10 bits per heavy atom. The number of ether oxygens (including phenoxy) is 1. The van der Waals surface area contributed by atoms with Crippen molar-refractivity contribution in [1.82, 2.24) is 4.72 Å². The molecule has 2 rings (SSSR count). The highest BCUT2D eigenvalue weighted by molar-refractivity contribution is 7.78. The van der Waals surface area contributed by atoms with Crippen molar-refractivity contribution in [2.45, 2.75) is 6.10 Å². The molecule has 0 bridgehead atoms. The molecule has 0 fully saturated rings. The van der Waals surface area contributed by atoms with Crippen LogP contribution in [0.15, 0.2) is 54.6 Å². The Morgan fingerprint density at radius 2 is 1.71 bits per heavy atom. The van der Waals surface area contributed by atoms with Crippen LogP contribution in [0.5, 0.6) is 5.75 Å². The molecule has 0 aromatic heterocycles. The van der Waals surface area contributed by atoms with Crippen molar-refractivity contribution >= 4 is 18.6 Å². The number of hydrogen-bond donors (Lipinski definition) is 3. The molecule has 0 aliphatic carbocycles. The van der Waals surface area contributed by atoms with E-state index >= 15 is 0 Å². The summed E-state index contributed by atoms with van der Waals surface area (Å²) in [5.74, 6) is 0.583. The number of benzene rings is 2. The van der Waals surface area contributed by atoms with Crippen LogP contribution in [0.25, 0.3) is 0 Å². The summed E-state index contributed by atoms with van der Waals surface area (Å²) in [6.45, 7) is 0.507. The minimum atomic E-state index is -0.631.